The first kappa shape index (κ1) is 29.0. The Kier molecular flexibility index (Phi) is 8.42. The van der Waals surface area contributed by atoms with Gasteiger partial charge in [0.15, 0.2) is 11.5 Å². The molecule has 1 fully saturated rings. The third kappa shape index (κ3) is 6.08. The van der Waals surface area contributed by atoms with Gasteiger partial charge in [0.1, 0.15) is 17.3 Å². The molecule has 2 aromatic rings. The highest BCUT2D eigenvalue weighted by Gasteiger charge is 2.40. The molecule has 0 radical (unpaired) electrons. The number of rotatable bonds is 6. The van der Waals surface area contributed by atoms with Crippen molar-refractivity contribution >= 4 is 24.7 Å². The Hall–Kier alpha value is -4.01. The lowest BCUT2D eigenvalue weighted by Crippen LogP contribution is -2.51. The number of amides is 2. The lowest BCUT2D eigenvalue weighted by molar-refractivity contribution is -0.141. The third-order valence-corrected chi connectivity index (χ3v) is 6.64. The number of hydrogen-bond donors (Lipinski definition) is 0. The van der Waals surface area contributed by atoms with Crippen LogP contribution in [0.2, 0.25) is 0 Å². The van der Waals surface area contributed by atoms with Gasteiger partial charge in [-0.2, -0.15) is 23.4 Å². The minimum Gasteiger partial charge on any atom is -0.321 e. The second kappa shape index (κ2) is 11.6. The number of hydrogen-bond acceptors (Lipinski definition) is 6. The predicted octanol–water partition coefficient (Wildman–Crippen LogP) is 4.45. The van der Waals surface area contributed by atoms with Crippen LogP contribution in [0.15, 0.2) is 45.3 Å². The van der Waals surface area contributed by atoms with Gasteiger partial charge in [-0.1, -0.05) is 0 Å². The highest BCUT2D eigenvalue weighted by atomic mass is 19.4. The lowest BCUT2D eigenvalue weighted by atomic mass is 10.0. The topological polar surface area (TPSA) is 81.7 Å². The van der Waals surface area contributed by atoms with Gasteiger partial charge in [0.2, 0.25) is 0 Å². The number of carbonyl (C=O) groups is 1. The van der Waals surface area contributed by atoms with Gasteiger partial charge in [-0.05, 0) is 31.3 Å². The number of halogens is 6. The summed E-state index contributed by atoms with van der Waals surface area (Å²) in [5.74, 6) is -2.62. The van der Waals surface area contributed by atoms with Crippen LogP contribution in [0.3, 0.4) is 0 Å². The molecular weight excluding hydrogens is 542 g/mol. The van der Waals surface area contributed by atoms with Crippen molar-refractivity contribution in [2.45, 2.75) is 25.6 Å². The van der Waals surface area contributed by atoms with Gasteiger partial charge in [-0.3, -0.25) is 19.6 Å². The molecular formula is C25H26F6N8O. The number of aliphatic imine (C=N–C) groups is 2. The summed E-state index contributed by atoms with van der Waals surface area (Å²) in [5.41, 5.74) is -1.98. The van der Waals surface area contributed by atoms with Crippen LogP contribution < -0.4 is 0 Å². The van der Waals surface area contributed by atoms with E-state index in [1.807, 2.05) is 0 Å². The molecule has 0 bridgehead atoms. The standard InChI is InChI=1S/C25H26F6N8O/c1-15-21(23(25(29,30)31)35-36(15)3)22(19(28)13-32-2)33-14-37-6-8-38(9-7-37)24(40)39-20(4-5-34-39)16-10-17(26)12-18(27)11-16/h5,10-13,20H,2,4,6-9,14H2,1,3H3/b19-13+,33-22?. The van der Waals surface area contributed by atoms with Crippen LogP contribution in [0.1, 0.15) is 35.0 Å². The van der Waals surface area contributed by atoms with Crippen molar-refractivity contribution in [2.75, 3.05) is 32.8 Å². The van der Waals surface area contributed by atoms with Gasteiger partial charge in [-0.25, -0.2) is 23.0 Å². The van der Waals surface area contributed by atoms with Crippen molar-refractivity contribution in [3.8, 4) is 0 Å². The monoisotopic (exact) mass is 568 g/mol. The number of carbonyl (C=O) groups excluding carboxylic acids is 1. The Morgan fingerprint density at radius 3 is 2.40 bits per heavy atom. The van der Waals surface area contributed by atoms with Crippen LogP contribution in [-0.4, -0.2) is 82.1 Å². The number of nitrogens with zero attached hydrogens (tertiary/aromatic N) is 8. The van der Waals surface area contributed by atoms with Crippen molar-refractivity contribution in [1.29, 1.82) is 0 Å². The van der Waals surface area contributed by atoms with Crippen molar-refractivity contribution in [2.24, 2.45) is 22.1 Å². The molecule has 0 spiro atoms. The maximum atomic E-state index is 14.9. The van der Waals surface area contributed by atoms with Crippen LogP contribution in [0, 0.1) is 18.6 Å². The first-order valence-corrected chi connectivity index (χ1v) is 12.2. The number of aryl methyl sites for hydroxylation is 1. The van der Waals surface area contributed by atoms with E-state index in [9.17, 15) is 31.1 Å². The van der Waals surface area contributed by atoms with Gasteiger partial charge >= 0.3 is 12.2 Å². The maximum absolute atomic E-state index is 14.9. The van der Waals surface area contributed by atoms with E-state index in [-0.39, 0.29) is 44.1 Å². The van der Waals surface area contributed by atoms with Crippen molar-refractivity contribution in [3.63, 3.8) is 0 Å². The van der Waals surface area contributed by atoms with E-state index in [0.29, 0.717) is 12.6 Å². The molecule has 4 rings (SSSR count). The van der Waals surface area contributed by atoms with E-state index in [4.69, 9.17) is 0 Å². The molecule has 40 heavy (non-hydrogen) atoms. The summed E-state index contributed by atoms with van der Waals surface area (Å²) in [4.78, 5) is 23.9. The normalized spacial score (nSPS) is 19.1. The Bertz CT molecular complexity index is 1350. The number of piperazine rings is 1. The molecule has 214 valence electrons. The molecule has 15 heteroatoms. The van der Waals surface area contributed by atoms with Crippen LogP contribution in [0.5, 0.6) is 0 Å². The molecule has 0 saturated carbocycles. The van der Waals surface area contributed by atoms with Gasteiger partial charge in [0, 0.05) is 57.6 Å². The maximum Gasteiger partial charge on any atom is 0.435 e. The fraction of sp³-hybridized carbons (Fsp3) is 0.400. The predicted molar refractivity (Wildman–Crippen MR) is 136 cm³/mol. The Labute approximate surface area is 225 Å². The van der Waals surface area contributed by atoms with Crippen LogP contribution in [0.4, 0.5) is 31.1 Å². The summed E-state index contributed by atoms with van der Waals surface area (Å²) in [6.07, 6.45) is -2.38. The number of hydrazone groups is 1. The second-order valence-electron chi connectivity index (χ2n) is 9.22. The largest absolute Gasteiger partial charge is 0.435 e. The summed E-state index contributed by atoms with van der Waals surface area (Å²) in [7, 11) is 1.31. The molecule has 1 saturated heterocycles. The molecule has 1 atom stereocenters. The van der Waals surface area contributed by atoms with Crippen LogP contribution >= 0.6 is 0 Å². The highest BCUT2D eigenvalue weighted by Crippen LogP contribution is 2.34. The van der Waals surface area contributed by atoms with E-state index in [1.165, 1.54) is 30.1 Å². The quantitative estimate of drug-likeness (QED) is 0.382. The van der Waals surface area contributed by atoms with Gasteiger partial charge < -0.3 is 4.90 Å². The third-order valence-electron chi connectivity index (χ3n) is 6.64. The number of alkyl halides is 3. The summed E-state index contributed by atoms with van der Waals surface area (Å²) in [6, 6.07) is 1.92. The molecule has 3 heterocycles. The number of benzene rings is 1. The van der Waals surface area contributed by atoms with Crippen LogP contribution in [0.25, 0.3) is 0 Å². The van der Waals surface area contributed by atoms with Gasteiger partial charge in [0.05, 0.1) is 24.5 Å². The number of allylic oxidation sites excluding steroid dienone is 1. The first-order chi connectivity index (χ1) is 18.9. The summed E-state index contributed by atoms with van der Waals surface area (Å²) in [5, 5.41) is 8.76. The lowest BCUT2D eigenvalue weighted by Gasteiger charge is -2.36. The van der Waals surface area contributed by atoms with Crippen molar-refractivity contribution < 1.29 is 31.1 Å². The zero-order valence-corrected chi connectivity index (χ0v) is 21.7. The fourth-order valence-electron chi connectivity index (χ4n) is 4.54. The SMILES string of the molecule is C=N/C=C(/F)C(=NCN1CCN(C(=O)N2N=CCC2c2cc(F)cc(F)c2)CC1)c1c(C(F)(F)F)nn(C)c1C. The average Bonchev–Trinajstić information content (AvgIpc) is 3.49. The molecule has 1 unspecified atom stereocenters. The molecule has 9 nitrogen and oxygen atoms in total. The zero-order chi connectivity index (χ0) is 29.2. The minimum absolute atomic E-state index is 0.0630. The van der Waals surface area contributed by atoms with E-state index < -0.39 is 52.7 Å². The van der Waals surface area contributed by atoms with Gasteiger partial charge in [0.25, 0.3) is 0 Å². The second-order valence-corrected chi connectivity index (χ2v) is 9.22. The fourth-order valence-corrected chi connectivity index (χ4v) is 4.54. The first-order valence-electron chi connectivity index (χ1n) is 12.2. The summed E-state index contributed by atoms with van der Waals surface area (Å²) in [6.45, 7) is 5.36. The summed E-state index contributed by atoms with van der Waals surface area (Å²) >= 11 is 0. The molecule has 2 aliphatic heterocycles. The highest BCUT2D eigenvalue weighted by molar-refractivity contribution is 6.12. The van der Waals surface area contributed by atoms with E-state index in [1.54, 1.807) is 4.90 Å². The Morgan fingerprint density at radius 2 is 1.80 bits per heavy atom. The van der Waals surface area contributed by atoms with E-state index in [2.05, 4.69) is 26.9 Å². The average molecular weight is 569 g/mol. The van der Waals surface area contributed by atoms with Crippen molar-refractivity contribution in [1.82, 2.24) is 24.6 Å². The smallest absolute Gasteiger partial charge is 0.321 e. The van der Waals surface area contributed by atoms with E-state index in [0.717, 1.165) is 22.9 Å². The molecule has 2 aliphatic rings. The summed E-state index contributed by atoms with van der Waals surface area (Å²) < 4.78 is 84.3. The minimum atomic E-state index is -4.84. The Morgan fingerprint density at radius 1 is 1.15 bits per heavy atom. The molecule has 1 aromatic carbocycles. The molecule has 1 aromatic heterocycles. The number of urea groups is 1. The van der Waals surface area contributed by atoms with E-state index >= 15 is 0 Å². The molecule has 2 amide bonds. The number of aromatic nitrogens is 2. The molecule has 0 aliphatic carbocycles. The zero-order valence-electron chi connectivity index (χ0n) is 21.7. The Balaban J connectivity index is 1.47. The van der Waals surface area contributed by atoms with Crippen LogP contribution in [-0.2, 0) is 13.2 Å². The van der Waals surface area contributed by atoms with Crippen molar-refractivity contribution in [3.05, 3.63) is 64.4 Å². The molecule has 0 N–H and O–H groups in total. The van der Waals surface area contributed by atoms with Gasteiger partial charge in [-0.15, -0.1) is 0 Å².